The van der Waals surface area contributed by atoms with E-state index >= 15 is 0 Å². The van der Waals surface area contributed by atoms with Crippen molar-refractivity contribution in [3.05, 3.63) is 59.9 Å². The molecule has 2 saturated heterocycles. The number of piperidine rings is 1. The van der Waals surface area contributed by atoms with Crippen LogP contribution >= 0.6 is 0 Å². The zero-order valence-corrected chi connectivity index (χ0v) is 18.6. The summed E-state index contributed by atoms with van der Waals surface area (Å²) in [6.07, 6.45) is 2.64. The zero-order chi connectivity index (χ0) is 22.7. The van der Waals surface area contributed by atoms with Crippen LogP contribution in [0.1, 0.15) is 29.6 Å². The number of methoxy groups -OCH3 is 1. The summed E-state index contributed by atoms with van der Waals surface area (Å²) in [5, 5.41) is 2.91. The first kappa shape index (κ1) is 22.3. The van der Waals surface area contributed by atoms with Gasteiger partial charge in [0, 0.05) is 31.4 Å². The fourth-order valence-electron chi connectivity index (χ4n) is 5.03. The summed E-state index contributed by atoms with van der Waals surface area (Å²) in [6.45, 7) is 2.12. The summed E-state index contributed by atoms with van der Waals surface area (Å²) < 4.78 is 18.4. The molecule has 2 aliphatic rings. The van der Waals surface area contributed by atoms with Gasteiger partial charge in [-0.1, -0.05) is 12.1 Å². The van der Waals surface area contributed by atoms with E-state index < -0.39 is 0 Å². The minimum absolute atomic E-state index is 0.0113. The number of hydrogen-bond acceptors (Lipinski definition) is 4. The third-order valence-corrected chi connectivity index (χ3v) is 6.79. The number of nitrogens with one attached hydrogen (secondary N) is 1. The Hall–Kier alpha value is -2.93. The number of rotatable bonds is 5. The molecule has 1 N–H and O–H groups in total. The van der Waals surface area contributed by atoms with Crippen molar-refractivity contribution < 1.29 is 18.7 Å². The molecule has 2 aromatic carbocycles. The first-order valence-electron chi connectivity index (χ1n) is 11.1. The molecule has 170 valence electrons. The molecule has 2 atom stereocenters. The van der Waals surface area contributed by atoms with Crippen molar-refractivity contribution >= 4 is 17.5 Å². The van der Waals surface area contributed by atoms with Gasteiger partial charge < -0.3 is 19.9 Å². The number of nitrogens with zero attached hydrogens (tertiary/aromatic N) is 2. The summed E-state index contributed by atoms with van der Waals surface area (Å²) in [4.78, 5) is 29.9. The van der Waals surface area contributed by atoms with Crippen molar-refractivity contribution in [2.75, 3.05) is 39.1 Å². The molecular formula is C25H30FN3O3. The lowest BCUT2D eigenvalue weighted by Gasteiger charge is -2.37. The standard InChI is InChI=1S/C25H30FN3O3/c1-28-16-18(24(30)27-20-9-7-19(26)8-10-20)15-22(28)17-11-13-29(14-12-17)25(31)21-5-3-4-6-23(21)32-2/h3-10,17-18,22H,11-16H2,1-2H3,(H,27,30)/t18-,22-/m1/s1. The van der Waals surface area contributed by atoms with Crippen LogP contribution in [0.5, 0.6) is 5.75 Å². The first-order chi connectivity index (χ1) is 15.5. The predicted molar refractivity (Wildman–Crippen MR) is 121 cm³/mol. The van der Waals surface area contributed by atoms with Gasteiger partial charge in [0.15, 0.2) is 0 Å². The number of halogens is 1. The number of amides is 2. The molecule has 4 rings (SSSR count). The maximum atomic E-state index is 13.1. The van der Waals surface area contributed by atoms with Crippen LogP contribution in [0.25, 0.3) is 0 Å². The van der Waals surface area contributed by atoms with Crippen LogP contribution in [0.4, 0.5) is 10.1 Å². The highest BCUT2D eigenvalue weighted by Crippen LogP contribution is 2.34. The molecule has 2 fully saturated rings. The number of hydrogen-bond donors (Lipinski definition) is 1. The molecule has 32 heavy (non-hydrogen) atoms. The molecule has 2 heterocycles. The van der Waals surface area contributed by atoms with Crippen LogP contribution in [0, 0.1) is 17.7 Å². The lowest BCUT2D eigenvalue weighted by molar-refractivity contribution is -0.119. The normalized spacial score (nSPS) is 22.0. The third-order valence-electron chi connectivity index (χ3n) is 6.79. The Kier molecular flexibility index (Phi) is 6.74. The lowest BCUT2D eigenvalue weighted by atomic mass is 9.86. The van der Waals surface area contributed by atoms with Crippen LogP contribution < -0.4 is 10.1 Å². The summed E-state index contributed by atoms with van der Waals surface area (Å²) in [5.74, 6) is 0.630. The largest absolute Gasteiger partial charge is 0.496 e. The molecular weight excluding hydrogens is 409 g/mol. The number of benzene rings is 2. The molecule has 7 heteroatoms. The number of likely N-dealkylation sites (tertiary alicyclic amines) is 2. The molecule has 6 nitrogen and oxygen atoms in total. The Balaban J connectivity index is 1.32. The van der Waals surface area contributed by atoms with Crippen LogP contribution in [0.15, 0.2) is 48.5 Å². The second kappa shape index (κ2) is 9.69. The fraction of sp³-hybridized carbons (Fsp3) is 0.440. The quantitative estimate of drug-likeness (QED) is 0.773. The average molecular weight is 440 g/mol. The van der Waals surface area contributed by atoms with Crippen molar-refractivity contribution in [3.8, 4) is 5.75 Å². The Morgan fingerprint density at radius 2 is 1.75 bits per heavy atom. The summed E-state index contributed by atoms with van der Waals surface area (Å²) in [7, 11) is 3.65. The second-order valence-electron chi connectivity index (χ2n) is 8.77. The van der Waals surface area contributed by atoms with Crippen LogP contribution in [0.3, 0.4) is 0 Å². The van der Waals surface area contributed by atoms with E-state index in [1.54, 1.807) is 19.2 Å². The van der Waals surface area contributed by atoms with Crippen molar-refractivity contribution in [2.24, 2.45) is 11.8 Å². The minimum Gasteiger partial charge on any atom is -0.496 e. The number of carbonyl (C=O) groups is 2. The van der Waals surface area contributed by atoms with Crippen LogP contribution in [-0.2, 0) is 4.79 Å². The van der Waals surface area contributed by atoms with Gasteiger partial charge in [0.2, 0.25) is 5.91 Å². The monoisotopic (exact) mass is 439 g/mol. The Morgan fingerprint density at radius 1 is 1.06 bits per heavy atom. The number of ether oxygens (including phenoxy) is 1. The number of para-hydroxylation sites is 1. The van der Waals surface area contributed by atoms with Gasteiger partial charge in [-0.25, -0.2) is 4.39 Å². The lowest BCUT2D eigenvalue weighted by Crippen LogP contribution is -2.43. The van der Waals surface area contributed by atoms with E-state index in [0.717, 1.165) is 19.3 Å². The molecule has 0 aromatic heterocycles. The van der Waals surface area contributed by atoms with E-state index in [9.17, 15) is 14.0 Å². The smallest absolute Gasteiger partial charge is 0.257 e. The molecule has 2 amide bonds. The van der Waals surface area contributed by atoms with Crippen molar-refractivity contribution in [2.45, 2.75) is 25.3 Å². The van der Waals surface area contributed by atoms with E-state index in [0.29, 0.717) is 48.6 Å². The Bertz CT molecular complexity index is 957. The summed E-state index contributed by atoms with van der Waals surface area (Å²) in [5.41, 5.74) is 1.22. The van der Waals surface area contributed by atoms with Gasteiger partial charge in [-0.3, -0.25) is 9.59 Å². The molecule has 2 aliphatic heterocycles. The van der Waals surface area contributed by atoms with Crippen molar-refractivity contribution in [1.29, 1.82) is 0 Å². The average Bonchev–Trinajstić information content (AvgIpc) is 3.22. The highest BCUT2D eigenvalue weighted by molar-refractivity contribution is 5.97. The fourth-order valence-corrected chi connectivity index (χ4v) is 5.03. The highest BCUT2D eigenvalue weighted by Gasteiger charge is 2.39. The van der Waals surface area contributed by atoms with E-state index in [2.05, 4.69) is 17.3 Å². The number of carbonyl (C=O) groups excluding carboxylic acids is 2. The maximum Gasteiger partial charge on any atom is 0.257 e. The summed E-state index contributed by atoms with van der Waals surface area (Å²) in [6, 6.07) is 13.5. The predicted octanol–water partition coefficient (Wildman–Crippen LogP) is 3.65. The molecule has 2 aromatic rings. The van der Waals surface area contributed by atoms with Crippen molar-refractivity contribution in [3.63, 3.8) is 0 Å². The van der Waals surface area contributed by atoms with Gasteiger partial charge in [0.25, 0.3) is 5.91 Å². The van der Waals surface area contributed by atoms with E-state index in [1.807, 2.05) is 29.2 Å². The van der Waals surface area contributed by atoms with Gasteiger partial charge in [-0.05, 0) is 68.6 Å². The topological polar surface area (TPSA) is 61.9 Å². The van der Waals surface area contributed by atoms with Gasteiger partial charge in [0.1, 0.15) is 11.6 Å². The molecule has 0 saturated carbocycles. The van der Waals surface area contributed by atoms with E-state index in [4.69, 9.17) is 4.74 Å². The Morgan fingerprint density at radius 3 is 2.44 bits per heavy atom. The van der Waals surface area contributed by atoms with Gasteiger partial charge in [-0.2, -0.15) is 0 Å². The van der Waals surface area contributed by atoms with Gasteiger partial charge in [-0.15, -0.1) is 0 Å². The molecule has 0 spiro atoms. The molecule has 0 unspecified atom stereocenters. The first-order valence-corrected chi connectivity index (χ1v) is 11.1. The minimum atomic E-state index is -0.320. The number of anilines is 1. The summed E-state index contributed by atoms with van der Waals surface area (Å²) >= 11 is 0. The molecule has 0 aliphatic carbocycles. The van der Waals surface area contributed by atoms with Gasteiger partial charge >= 0.3 is 0 Å². The second-order valence-corrected chi connectivity index (χ2v) is 8.77. The highest BCUT2D eigenvalue weighted by atomic mass is 19.1. The van der Waals surface area contributed by atoms with Crippen molar-refractivity contribution in [1.82, 2.24) is 9.80 Å². The van der Waals surface area contributed by atoms with Crippen LogP contribution in [-0.4, -0.2) is 61.4 Å². The molecule has 0 radical (unpaired) electrons. The van der Waals surface area contributed by atoms with Gasteiger partial charge in [0.05, 0.1) is 18.6 Å². The SMILES string of the molecule is COc1ccccc1C(=O)N1CCC([C@H]2C[C@@H](C(=O)Nc3ccc(F)cc3)CN2C)CC1. The van der Waals surface area contributed by atoms with E-state index in [-0.39, 0.29) is 23.5 Å². The van der Waals surface area contributed by atoms with E-state index in [1.165, 1.54) is 12.1 Å². The molecule has 0 bridgehead atoms. The maximum absolute atomic E-state index is 13.1. The third kappa shape index (κ3) is 4.78. The Labute approximate surface area is 188 Å². The zero-order valence-electron chi connectivity index (χ0n) is 18.6. The van der Waals surface area contributed by atoms with Crippen LogP contribution in [0.2, 0.25) is 0 Å².